The summed E-state index contributed by atoms with van der Waals surface area (Å²) in [7, 11) is 0. The van der Waals surface area contributed by atoms with E-state index >= 15 is 0 Å². The van der Waals surface area contributed by atoms with Gasteiger partial charge in [-0.25, -0.2) is 0 Å². The molecule has 2 aromatic rings. The molecule has 1 aliphatic rings. The number of hydrogen-bond donors (Lipinski definition) is 3. The van der Waals surface area contributed by atoms with Crippen LogP contribution in [0.2, 0.25) is 0 Å². The summed E-state index contributed by atoms with van der Waals surface area (Å²) < 4.78 is 11.4. The van der Waals surface area contributed by atoms with Crippen LogP contribution in [0.1, 0.15) is 42.2 Å². The van der Waals surface area contributed by atoms with Crippen molar-refractivity contribution in [2.75, 3.05) is 6.61 Å². The quantitative estimate of drug-likeness (QED) is 0.752. The van der Waals surface area contributed by atoms with E-state index in [-0.39, 0.29) is 6.10 Å². The molecule has 0 spiro atoms. The Bertz CT molecular complexity index is 761. The van der Waals surface area contributed by atoms with Crippen molar-refractivity contribution in [2.45, 2.75) is 57.6 Å². The smallest absolute Gasteiger partial charge is 0.119 e. The molecule has 0 amide bonds. The third kappa shape index (κ3) is 4.33. The van der Waals surface area contributed by atoms with Crippen molar-refractivity contribution in [1.29, 1.82) is 0 Å². The molecule has 0 aliphatic carbocycles. The maximum Gasteiger partial charge on any atom is 0.119 e. The number of aryl methyl sites for hydroxylation is 1. The molecule has 5 atom stereocenters. The van der Waals surface area contributed by atoms with E-state index < -0.39 is 24.4 Å². The summed E-state index contributed by atoms with van der Waals surface area (Å²) in [5, 5.41) is 20.7. The van der Waals surface area contributed by atoms with Crippen LogP contribution in [-0.2, 0) is 11.2 Å². The fraction of sp³-hybridized carbons (Fsp3) is 0.455. The monoisotopic (exact) mass is 371 g/mol. The van der Waals surface area contributed by atoms with Crippen molar-refractivity contribution in [3.63, 3.8) is 0 Å². The highest BCUT2D eigenvalue weighted by Gasteiger charge is 2.41. The summed E-state index contributed by atoms with van der Waals surface area (Å²) >= 11 is 0. The molecule has 2 aromatic carbocycles. The van der Waals surface area contributed by atoms with Gasteiger partial charge >= 0.3 is 0 Å². The lowest BCUT2D eigenvalue weighted by Crippen LogP contribution is -2.57. The molecule has 146 valence electrons. The minimum absolute atomic E-state index is 0.329. The molecular weight excluding hydrogens is 342 g/mol. The molecule has 3 rings (SSSR count). The third-order valence-electron chi connectivity index (χ3n) is 5.29. The first kappa shape index (κ1) is 19.8. The van der Waals surface area contributed by atoms with Crippen LogP contribution < -0.4 is 10.5 Å². The molecule has 0 radical (unpaired) electrons. The van der Waals surface area contributed by atoms with Crippen LogP contribution in [0.3, 0.4) is 0 Å². The van der Waals surface area contributed by atoms with Crippen LogP contribution in [0, 0.1) is 6.92 Å². The van der Waals surface area contributed by atoms with Crippen LogP contribution in [0.15, 0.2) is 42.5 Å². The highest BCUT2D eigenvalue weighted by Crippen LogP contribution is 2.33. The van der Waals surface area contributed by atoms with E-state index in [2.05, 4.69) is 25.1 Å². The molecule has 0 aromatic heterocycles. The largest absolute Gasteiger partial charge is 0.494 e. The van der Waals surface area contributed by atoms with Crippen LogP contribution in [-0.4, -0.2) is 41.2 Å². The molecule has 3 unspecified atom stereocenters. The summed E-state index contributed by atoms with van der Waals surface area (Å²) in [6.45, 7) is 6.51. The van der Waals surface area contributed by atoms with Crippen molar-refractivity contribution in [2.24, 2.45) is 5.73 Å². The Labute approximate surface area is 160 Å². The Kier molecular flexibility index (Phi) is 6.17. The number of ether oxygens (including phenoxy) is 2. The van der Waals surface area contributed by atoms with Gasteiger partial charge in [0.2, 0.25) is 0 Å². The van der Waals surface area contributed by atoms with Gasteiger partial charge in [-0.15, -0.1) is 0 Å². The van der Waals surface area contributed by atoms with Gasteiger partial charge in [0, 0.05) is 0 Å². The Morgan fingerprint density at radius 2 is 1.78 bits per heavy atom. The third-order valence-corrected chi connectivity index (χ3v) is 5.29. The Morgan fingerprint density at radius 3 is 2.44 bits per heavy atom. The first-order chi connectivity index (χ1) is 12.9. The average molecular weight is 371 g/mol. The molecule has 5 nitrogen and oxygen atoms in total. The molecule has 1 aliphatic heterocycles. The fourth-order valence-electron chi connectivity index (χ4n) is 3.51. The predicted molar refractivity (Wildman–Crippen MR) is 105 cm³/mol. The molecule has 1 saturated heterocycles. The van der Waals surface area contributed by atoms with Gasteiger partial charge in [-0.2, -0.15) is 0 Å². The van der Waals surface area contributed by atoms with Crippen molar-refractivity contribution in [3.8, 4) is 5.75 Å². The van der Waals surface area contributed by atoms with E-state index in [4.69, 9.17) is 15.2 Å². The number of aliphatic hydroxyl groups excluding tert-OH is 2. The first-order valence-corrected chi connectivity index (χ1v) is 9.49. The number of rotatable bonds is 5. The minimum Gasteiger partial charge on any atom is -0.494 e. The molecule has 1 heterocycles. The molecule has 1 fully saturated rings. The standard InChI is InChI=1S/C22H29NO4/c1-4-26-18-9-6-15(7-10-18)11-17-12-16(8-5-13(17)2)22-21(25)20(24)19(23)14(3)27-22/h5-10,12,14,19-22,24-25H,4,11,23H2,1-3H3/t14?,19-,20?,21-,22?/m1/s1. The lowest BCUT2D eigenvalue weighted by Gasteiger charge is -2.40. The average Bonchev–Trinajstić information content (AvgIpc) is 2.66. The SMILES string of the molecule is CCOc1ccc(Cc2cc(C3OC(C)[C@@H](N)C(O)[C@H]3O)ccc2C)cc1. The van der Waals surface area contributed by atoms with Crippen LogP contribution in [0.5, 0.6) is 5.75 Å². The number of hydrogen-bond acceptors (Lipinski definition) is 5. The van der Waals surface area contributed by atoms with E-state index in [0.29, 0.717) is 6.61 Å². The number of benzene rings is 2. The summed E-state index contributed by atoms with van der Waals surface area (Å²) in [4.78, 5) is 0. The van der Waals surface area contributed by atoms with Gasteiger partial charge < -0.3 is 25.4 Å². The topological polar surface area (TPSA) is 84.9 Å². The normalized spacial score (nSPS) is 28.1. The predicted octanol–water partition coefficient (Wildman–Crippen LogP) is 2.49. The zero-order chi connectivity index (χ0) is 19.6. The van der Waals surface area contributed by atoms with Gasteiger partial charge in [0.25, 0.3) is 0 Å². The highest BCUT2D eigenvalue weighted by molar-refractivity contribution is 5.38. The zero-order valence-electron chi connectivity index (χ0n) is 16.1. The van der Waals surface area contributed by atoms with Gasteiger partial charge in [-0.05, 0) is 61.6 Å². The molecule has 5 heteroatoms. The van der Waals surface area contributed by atoms with E-state index in [1.165, 1.54) is 11.1 Å². The Hall–Kier alpha value is -1.92. The van der Waals surface area contributed by atoms with Crippen LogP contribution in [0.25, 0.3) is 0 Å². The zero-order valence-corrected chi connectivity index (χ0v) is 16.1. The van der Waals surface area contributed by atoms with Crippen molar-refractivity contribution < 1.29 is 19.7 Å². The van der Waals surface area contributed by atoms with Crippen LogP contribution >= 0.6 is 0 Å². The summed E-state index contributed by atoms with van der Waals surface area (Å²) in [5.41, 5.74) is 10.3. The van der Waals surface area contributed by atoms with Gasteiger partial charge in [-0.3, -0.25) is 0 Å². The van der Waals surface area contributed by atoms with Gasteiger partial charge in [-0.1, -0.05) is 30.3 Å². The summed E-state index contributed by atoms with van der Waals surface area (Å²) in [6, 6.07) is 13.5. The van der Waals surface area contributed by atoms with E-state index in [1.807, 2.05) is 38.1 Å². The summed E-state index contributed by atoms with van der Waals surface area (Å²) in [6.07, 6.45) is -2.20. The molecule has 0 bridgehead atoms. The maximum absolute atomic E-state index is 10.4. The maximum atomic E-state index is 10.4. The van der Waals surface area contributed by atoms with Crippen molar-refractivity contribution in [1.82, 2.24) is 0 Å². The number of aliphatic hydroxyl groups is 2. The van der Waals surface area contributed by atoms with E-state index in [9.17, 15) is 10.2 Å². The molecule has 4 N–H and O–H groups in total. The lowest BCUT2D eigenvalue weighted by molar-refractivity contribution is -0.176. The van der Waals surface area contributed by atoms with E-state index in [1.54, 1.807) is 0 Å². The second-order valence-corrected chi connectivity index (χ2v) is 7.26. The summed E-state index contributed by atoms with van der Waals surface area (Å²) in [5.74, 6) is 0.866. The second kappa shape index (κ2) is 8.40. The van der Waals surface area contributed by atoms with E-state index in [0.717, 1.165) is 23.3 Å². The number of nitrogens with two attached hydrogens (primary N) is 1. The lowest BCUT2D eigenvalue weighted by atomic mass is 9.88. The molecular formula is C22H29NO4. The van der Waals surface area contributed by atoms with Crippen molar-refractivity contribution >= 4 is 0 Å². The van der Waals surface area contributed by atoms with Crippen molar-refractivity contribution in [3.05, 3.63) is 64.7 Å². The molecule has 0 saturated carbocycles. The molecule has 27 heavy (non-hydrogen) atoms. The minimum atomic E-state index is -1.04. The van der Waals surface area contributed by atoms with Gasteiger partial charge in [0.05, 0.1) is 18.8 Å². The first-order valence-electron chi connectivity index (χ1n) is 9.49. The van der Waals surface area contributed by atoms with Gasteiger partial charge in [0.1, 0.15) is 24.1 Å². The Morgan fingerprint density at radius 1 is 1.07 bits per heavy atom. The highest BCUT2D eigenvalue weighted by atomic mass is 16.5. The second-order valence-electron chi connectivity index (χ2n) is 7.26. The van der Waals surface area contributed by atoms with Gasteiger partial charge in [0.15, 0.2) is 0 Å². The Balaban J connectivity index is 1.82. The van der Waals surface area contributed by atoms with Crippen LogP contribution in [0.4, 0.5) is 0 Å². The fourth-order valence-corrected chi connectivity index (χ4v) is 3.51.